The number of rotatable bonds is 8. The van der Waals surface area contributed by atoms with E-state index in [0.717, 1.165) is 5.69 Å². The van der Waals surface area contributed by atoms with E-state index in [0.29, 0.717) is 50.5 Å². The minimum absolute atomic E-state index is 0.0767. The molecule has 0 amide bonds. The molecular formula is C36H35NO12. The lowest BCUT2D eigenvalue weighted by Crippen LogP contribution is -2.59. The van der Waals surface area contributed by atoms with Crippen LogP contribution in [0.15, 0.2) is 54.6 Å². The second-order valence-electron chi connectivity index (χ2n) is 12.1. The maximum Gasteiger partial charge on any atom is 0.339 e. The SMILES string of the molecule is COc1cc2c(OC3O[C@H](C)[C@@H](O)[C@H](OC(=O)c4ccc(N(C)C)cc4)[C@H]3O)c3c(c(-c4ccc5c(c4)OCO5)c2cc1OC)C(=O)OC3. The number of carbonyl (C=O) groups is 2. The lowest BCUT2D eigenvalue weighted by atomic mass is 9.89. The number of benzene rings is 4. The van der Waals surface area contributed by atoms with Crippen molar-refractivity contribution in [3.8, 4) is 39.9 Å². The second-order valence-corrected chi connectivity index (χ2v) is 12.1. The molecule has 0 radical (unpaired) electrons. The molecule has 2 N–H and O–H groups in total. The van der Waals surface area contributed by atoms with E-state index >= 15 is 0 Å². The zero-order chi connectivity index (χ0) is 34.6. The van der Waals surface area contributed by atoms with Crippen LogP contribution in [0.1, 0.15) is 33.2 Å². The molecule has 0 aromatic heterocycles. The van der Waals surface area contributed by atoms with Crippen LogP contribution in [0, 0.1) is 0 Å². The van der Waals surface area contributed by atoms with Crippen LogP contribution in [0.3, 0.4) is 0 Å². The summed E-state index contributed by atoms with van der Waals surface area (Å²) in [6.45, 7) is 1.52. The van der Waals surface area contributed by atoms with Gasteiger partial charge in [-0.1, -0.05) is 6.07 Å². The average molecular weight is 674 g/mol. The van der Waals surface area contributed by atoms with Crippen molar-refractivity contribution in [3.63, 3.8) is 0 Å². The van der Waals surface area contributed by atoms with Gasteiger partial charge in [0.1, 0.15) is 18.5 Å². The summed E-state index contributed by atoms with van der Waals surface area (Å²) in [6, 6.07) is 15.5. The van der Waals surface area contributed by atoms with Crippen LogP contribution in [-0.4, -0.2) is 88.0 Å². The van der Waals surface area contributed by atoms with Gasteiger partial charge in [0.2, 0.25) is 13.1 Å². The number of methoxy groups -OCH3 is 2. The van der Waals surface area contributed by atoms with Crippen molar-refractivity contribution in [2.45, 2.75) is 44.2 Å². The number of hydrogen-bond donors (Lipinski definition) is 2. The fraction of sp³-hybridized carbons (Fsp3) is 0.333. The number of aliphatic hydroxyl groups excluding tert-OH is 2. The van der Waals surface area contributed by atoms with Crippen LogP contribution in [0.2, 0.25) is 0 Å². The third kappa shape index (κ3) is 5.59. The summed E-state index contributed by atoms with van der Waals surface area (Å²) in [4.78, 5) is 28.5. The van der Waals surface area contributed by atoms with Crippen LogP contribution in [0.25, 0.3) is 21.9 Å². The molecule has 1 saturated heterocycles. The summed E-state index contributed by atoms with van der Waals surface area (Å²) in [6.07, 6.45) is -6.75. The molecule has 4 aromatic rings. The van der Waals surface area contributed by atoms with Gasteiger partial charge in [-0.15, -0.1) is 0 Å². The molecule has 1 fully saturated rings. The first-order chi connectivity index (χ1) is 23.6. The second kappa shape index (κ2) is 12.7. The van der Waals surface area contributed by atoms with Gasteiger partial charge in [0.25, 0.3) is 0 Å². The van der Waals surface area contributed by atoms with E-state index in [-0.39, 0.29) is 30.3 Å². The number of aliphatic hydroxyl groups is 2. The maximum atomic E-state index is 13.4. The van der Waals surface area contributed by atoms with Gasteiger partial charge in [-0.3, -0.25) is 0 Å². The highest BCUT2D eigenvalue weighted by Crippen LogP contribution is 2.50. The molecule has 3 aliphatic heterocycles. The number of nitrogens with zero attached hydrogens (tertiary/aromatic N) is 1. The van der Waals surface area contributed by atoms with E-state index in [2.05, 4.69) is 0 Å². The molecule has 0 aliphatic carbocycles. The molecule has 13 nitrogen and oxygen atoms in total. The Morgan fingerprint density at radius 2 is 1.55 bits per heavy atom. The van der Waals surface area contributed by atoms with Crippen LogP contribution in [0.4, 0.5) is 5.69 Å². The van der Waals surface area contributed by atoms with Crippen LogP contribution < -0.4 is 28.6 Å². The number of fused-ring (bicyclic) bond motifs is 3. The number of carbonyl (C=O) groups excluding carboxylic acids is 2. The van der Waals surface area contributed by atoms with Gasteiger partial charge in [0.05, 0.1) is 31.5 Å². The normalized spacial score (nSPS) is 22.3. The lowest BCUT2D eigenvalue weighted by Gasteiger charge is -2.41. The molecule has 0 saturated carbocycles. The quantitative estimate of drug-likeness (QED) is 0.259. The summed E-state index contributed by atoms with van der Waals surface area (Å²) in [5.41, 5.74) is 2.96. The van der Waals surface area contributed by atoms with Crippen molar-refractivity contribution in [1.82, 2.24) is 0 Å². The van der Waals surface area contributed by atoms with Crippen molar-refractivity contribution in [2.75, 3.05) is 40.0 Å². The first-order valence-corrected chi connectivity index (χ1v) is 15.6. The van der Waals surface area contributed by atoms with Crippen molar-refractivity contribution in [2.24, 2.45) is 0 Å². The van der Waals surface area contributed by atoms with Gasteiger partial charge in [-0.2, -0.15) is 0 Å². The minimum atomic E-state index is -1.63. The number of cyclic esters (lactones) is 1. The Labute approximate surface area is 281 Å². The fourth-order valence-electron chi connectivity index (χ4n) is 6.33. The fourth-order valence-corrected chi connectivity index (χ4v) is 6.33. The van der Waals surface area contributed by atoms with E-state index in [1.165, 1.54) is 14.2 Å². The Morgan fingerprint density at radius 3 is 2.24 bits per heavy atom. The number of esters is 2. The highest BCUT2D eigenvalue weighted by molar-refractivity contribution is 6.14. The Kier molecular flexibility index (Phi) is 8.35. The van der Waals surface area contributed by atoms with Gasteiger partial charge in [-0.25, -0.2) is 9.59 Å². The zero-order valence-corrected chi connectivity index (χ0v) is 27.4. The summed E-state index contributed by atoms with van der Waals surface area (Å²) in [5, 5.41) is 23.5. The van der Waals surface area contributed by atoms with Crippen molar-refractivity contribution in [3.05, 3.63) is 71.3 Å². The molecule has 3 heterocycles. The Bertz CT molecular complexity index is 1940. The van der Waals surface area contributed by atoms with E-state index in [4.69, 9.17) is 37.9 Å². The van der Waals surface area contributed by atoms with Crippen LogP contribution in [-0.2, 0) is 20.8 Å². The molecule has 1 unspecified atom stereocenters. The maximum absolute atomic E-state index is 13.4. The van der Waals surface area contributed by atoms with Crippen molar-refractivity contribution >= 4 is 28.4 Å². The van der Waals surface area contributed by atoms with Gasteiger partial charge in [0.15, 0.2) is 35.2 Å². The van der Waals surface area contributed by atoms with E-state index in [9.17, 15) is 19.8 Å². The number of hydrogen-bond acceptors (Lipinski definition) is 13. The summed E-state index contributed by atoms with van der Waals surface area (Å²) < 4.78 is 46.0. The minimum Gasteiger partial charge on any atom is -0.493 e. The first kappa shape index (κ1) is 32.3. The summed E-state index contributed by atoms with van der Waals surface area (Å²) in [7, 11) is 6.75. The first-order valence-electron chi connectivity index (χ1n) is 15.6. The third-order valence-electron chi connectivity index (χ3n) is 8.95. The molecule has 256 valence electrons. The highest BCUT2D eigenvalue weighted by Gasteiger charge is 2.47. The summed E-state index contributed by atoms with van der Waals surface area (Å²) >= 11 is 0. The molecule has 3 aliphatic rings. The standard InChI is InChI=1S/C36H35NO12/c1-17-30(38)33(48-34(40)18-6-9-20(10-7-18)37(2)3)31(39)36(47-17)49-32-22-14-26(43-5)25(42-4)13-21(22)28(29-23(32)15-44-35(29)41)19-8-11-24-27(12-19)46-16-45-24/h6-14,17,30-31,33,36,38-39H,15-16H2,1-5H3/t17-,30-,31-,33+,36?/m1/s1. The number of anilines is 1. The zero-order valence-electron chi connectivity index (χ0n) is 27.4. The molecule has 7 rings (SSSR count). The average Bonchev–Trinajstić information content (AvgIpc) is 3.74. The molecule has 0 spiro atoms. The largest absolute Gasteiger partial charge is 0.493 e. The van der Waals surface area contributed by atoms with Crippen LogP contribution in [0.5, 0.6) is 28.7 Å². The van der Waals surface area contributed by atoms with Gasteiger partial charge in [-0.05, 0) is 66.4 Å². The van der Waals surface area contributed by atoms with Crippen molar-refractivity contribution < 1.29 is 57.7 Å². The van der Waals surface area contributed by atoms with E-state index in [1.807, 2.05) is 25.1 Å². The Morgan fingerprint density at radius 1 is 0.857 bits per heavy atom. The molecule has 0 bridgehead atoms. The predicted octanol–water partition coefficient (Wildman–Crippen LogP) is 4.06. The Hall–Kier alpha value is -5.24. The van der Waals surface area contributed by atoms with Gasteiger partial charge >= 0.3 is 11.9 Å². The highest BCUT2D eigenvalue weighted by atomic mass is 16.7. The smallest absolute Gasteiger partial charge is 0.339 e. The van der Waals surface area contributed by atoms with Gasteiger partial charge in [0, 0.05) is 36.3 Å². The van der Waals surface area contributed by atoms with Gasteiger partial charge < -0.3 is 53.0 Å². The van der Waals surface area contributed by atoms with Crippen molar-refractivity contribution in [1.29, 1.82) is 0 Å². The lowest BCUT2D eigenvalue weighted by molar-refractivity contribution is -0.267. The molecular weight excluding hydrogens is 638 g/mol. The third-order valence-corrected chi connectivity index (χ3v) is 8.95. The Balaban J connectivity index is 1.30. The number of ether oxygens (including phenoxy) is 8. The van der Waals surface area contributed by atoms with E-state index in [1.54, 1.807) is 55.5 Å². The molecule has 13 heteroatoms. The molecule has 49 heavy (non-hydrogen) atoms. The molecule has 4 aromatic carbocycles. The van der Waals surface area contributed by atoms with Crippen LogP contribution >= 0.6 is 0 Å². The monoisotopic (exact) mass is 673 g/mol. The predicted molar refractivity (Wildman–Crippen MR) is 175 cm³/mol. The van der Waals surface area contributed by atoms with E-state index < -0.39 is 42.6 Å². The summed E-state index contributed by atoms with van der Waals surface area (Å²) in [5.74, 6) is 0.729. The molecule has 5 atom stereocenters. The topological polar surface area (TPSA) is 152 Å².